The number of amides is 2. The molecule has 0 bridgehead atoms. The van der Waals surface area contributed by atoms with Gasteiger partial charge in [0, 0.05) is 12.1 Å². The van der Waals surface area contributed by atoms with Gasteiger partial charge in [0.05, 0.1) is 53.0 Å². The van der Waals surface area contributed by atoms with Crippen molar-refractivity contribution in [3.8, 4) is 11.5 Å². The Morgan fingerprint density at radius 3 is 2.55 bits per heavy atom. The molecule has 1 atom stereocenters. The molecule has 2 fully saturated rings. The number of benzene rings is 1. The summed E-state index contributed by atoms with van der Waals surface area (Å²) in [5.41, 5.74) is 1.000. The molecule has 2 saturated heterocycles. The molecule has 0 aromatic heterocycles. The number of likely N-dealkylation sites (tertiary alicyclic amines) is 1. The van der Waals surface area contributed by atoms with Gasteiger partial charge in [-0.2, -0.15) is 0 Å². The van der Waals surface area contributed by atoms with Crippen LogP contribution in [0.4, 0.5) is 4.79 Å². The lowest BCUT2D eigenvalue weighted by atomic mass is 10.0. The maximum absolute atomic E-state index is 13.1. The van der Waals surface area contributed by atoms with Crippen molar-refractivity contribution >= 4 is 12.0 Å². The number of ether oxygens (including phenoxy) is 3. The van der Waals surface area contributed by atoms with Crippen LogP contribution < -0.4 is 14.4 Å². The summed E-state index contributed by atoms with van der Waals surface area (Å²) in [6, 6.07) is 5.75. The Morgan fingerprint density at radius 2 is 1.90 bits per heavy atom. The van der Waals surface area contributed by atoms with Crippen molar-refractivity contribution in [1.82, 2.24) is 9.80 Å². The number of nitrogens with zero attached hydrogens (tertiary/aromatic N) is 2. The van der Waals surface area contributed by atoms with Gasteiger partial charge in [0.15, 0.2) is 6.54 Å². The van der Waals surface area contributed by atoms with E-state index < -0.39 is 0 Å². The highest BCUT2D eigenvalue weighted by atomic mass is 16.6. The Hall–Kier alpha value is -2.48. The van der Waals surface area contributed by atoms with Crippen LogP contribution in [0, 0.1) is 0 Å². The first-order chi connectivity index (χ1) is 14.1. The number of hydrogen-bond donors (Lipinski definition) is 1. The zero-order valence-electron chi connectivity index (χ0n) is 17.6. The van der Waals surface area contributed by atoms with E-state index in [4.69, 9.17) is 14.2 Å². The third kappa shape index (κ3) is 4.93. The molecular formula is C21H32N3O5+. The third-order valence-electron chi connectivity index (χ3n) is 5.77. The molecule has 0 unspecified atom stereocenters. The highest BCUT2D eigenvalue weighted by Gasteiger charge is 2.35. The molecule has 0 saturated carbocycles. The van der Waals surface area contributed by atoms with Crippen molar-refractivity contribution in [3.63, 3.8) is 0 Å². The summed E-state index contributed by atoms with van der Waals surface area (Å²) < 4.78 is 16.0. The standard InChI is InChI=1S/C21H31N3O5/c1-4-29-21(26)23-12-10-22(11-13-23)15-20(25)24-9-5-6-18(24)17-14-16(27-2)7-8-19(17)28-3/h7-8,14,18H,4-6,9-13,15H2,1-3H3/p+1/t18-/m0/s1. The normalized spacial score (nSPS) is 19.9. The summed E-state index contributed by atoms with van der Waals surface area (Å²) in [6.07, 6.45) is 1.63. The number of carbonyl (C=O) groups is 2. The Balaban J connectivity index is 1.62. The fraction of sp³-hybridized carbons (Fsp3) is 0.619. The van der Waals surface area contributed by atoms with Gasteiger partial charge in [-0.05, 0) is 38.0 Å². The van der Waals surface area contributed by atoms with Gasteiger partial charge in [-0.1, -0.05) is 0 Å². The summed E-state index contributed by atoms with van der Waals surface area (Å²) in [5, 5.41) is 0. The van der Waals surface area contributed by atoms with Gasteiger partial charge in [0.2, 0.25) is 0 Å². The molecule has 3 rings (SSSR count). The van der Waals surface area contributed by atoms with Crippen LogP contribution in [-0.4, -0.2) is 81.9 Å². The second kappa shape index (κ2) is 9.82. The van der Waals surface area contributed by atoms with Crippen LogP contribution in [0.15, 0.2) is 18.2 Å². The fourth-order valence-corrected chi connectivity index (χ4v) is 4.20. The van der Waals surface area contributed by atoms with E-state index in [2.05, 4.69) is 0 Å². The van der Waals surface area contributed by atoms with E-state index in [1.807, 2.05) is 30.0 Å². The van der Waals surface area contributed by atoms with Crippen LogP contribution in [0.2, 0.25) is 0 Å². The van der Waals surface area contributed by atoms with Crippen molar-refractivity contribution in [2.24, 2.45) is 0 Å². The first kappa shape index (κ1) is 21.2. The van der Waals surface area contributed by atoms with Gasteiger partial charge in [-0.15, -0.1) is 0 Å². The molecule has 8 nitrogen and oxygen atoms in total. The Bertz CT molecular complexity index is 718. The van der Waals surface area contributed by atoms with Gasteiger partial charge in [-0.25, -0.2) is 4.79 Å². The number of carbonyl (C=O) groups excluding carboxylic acids is 2. The van der Waals surface area contributed by atoms with Crippen LogP contribution in [0.1, 0.15) is 31.4 Å². The van der Waals surface area contributed by atoms with E-state index in [1.165, 1.54) is 4.90 Å². The number of methoxy groups -OCH3 is 2. The molecule has 160 valence electrons. The lowest BCUT2D eigenvalue weighted by molar-refractivity contribution is -0.896. The average Bonchev–Trinajstić information content (AvgIpc) is 3.24. The minimum atomic E-state index is -0.261. The van der Waals surface area contributed by atoms with E-state index in [-0.39, 0.29) is 18.0 Å². The topological polar surface area (TPSA) is 72.8 Å². The maximum atomic E-state index is 13.1. The molecule has 8 heteroatoms. The lowest BCUT2D eigenvalue weighted by Crippen LogP contribution is -3.15. The molecule has 29 heavy (non-hydrogen) atoms. The molecule has 2 amide bonds. The summed E-state index contributed by atoms with van der Waals surface area (Å²) in [7, 11) is 3.29. The summed E-state index contributed by atoms with van der Waals surface area (Å²) in [4.78, 5) is 29.8. The van der Waals surface area contributed by atoms with E-state index in [1.54, 1.807) is 19.1 Å². The van der Waals surface area contributed by atoms with Crippen molar-refractivity contribution < 1.29 is 28.7 Å². The van der Waals surface area contributed by atoms with E-state index >= 15 is 0 Å². The van der Waals surface area contributed by atoms with Gasteiger partial charge in [0.25, 0.3) is 5.91 Å². The molecule has 2 heterocycles. The smallest absolute Gasteiger partial charge is 0.410 e. The van der Waals surface area contributed by atoms with Crippen LogP contribution >= 0.6 is 0 Å². The number of piperazine rings is 1. The van der Waals surface area contributed by atoms with Gasteiger partial charge < -0.3 is 24.0 Å². The molecule has 1 aromatic carbocycles. The van der Waals surface area contributed by atoms with Crippen LogP contribution in [0.25, 0.3) is 0 Å². The molecule has 1 aromatic rings. The second-order valence-corrected chi connectivity index (χ2v) is 7.47. The number of hydrogen-bond acceptors (Lipinski definition) is 5. The maximum Gasteiger partial charge on any atom is 0.410 e. The monoisotopic (exact) mass is 406 g/mol. The number of nitrogens with one attached hydrogen (secondary N) is 1. The zero-order valence-corrected chi connectivity index (χ0v) is 17.6. The first-order valence-corrected chi connectivity index (χ1v) is 10.3. The minimum Gasteiger partial charge on any atom is -0.497 e. The number of rotatable bonds is 6. The molecule has 0 spiro atoms. The third-order valence-corrected chi connectivity index (χ3v) is 5.77. The van der Waals surface area contributed by atoms with Crippen molar-refractivity contribution in [2.45, 2.75) is 25.8 Å². The molecule has 1 N–H and O–H groups in total. The van der Waals surface area contributed by atoms with Crippen molar-refractivity contribution in [3.05, 3.63) is 23.8 Å². The second-order valence-electron chi connectivity index (χ2n) is 7.47. The van der Waals surface area contributed by atoms with E-state index in [0.717, 1.165) is 49.5 Å². The van der Waals surface area contributed by atoms with Crippen molar-refractivity contribution in [1.29, 1.82) is 0 Å². The molecule has 0 radical (unpaired) electrons. The highest BCUT2D eigenvalue weighted by Crippen LogP contribution is 2.38. The summed E-state index contributed by atoms with van der Waals surface area (Å²) in [5.74, 6) is 1.70. The Morgan fingerprint density at radius 1 is 1.14 bits per heavy atom. The summed E-state index contributed by atoms with van der Waals surface area (Å²) >= 11 is 0. The Labute approximate surface area is 172 Å². The largest absolute Gasteiger partial charge is 0.497 e. The van der Waals surface area contributed by atoms with Crippen LogP contribution in [0.3, 0.4) is 0 Å². The van der Waals surface area contributed by atoms with Gasteiger partial charge in [0.1, 0.15) is 11.5 Å². The summed E-state index contributed by atoms with van der Waals surface area (Å²) in [6.45, 7) is 6.14. The van der Waals surface area contributed by atoms with Crippen LogP contribution in [0.5, 0.6) is 11.5 Å². The Kier molecular flexibility index (Phi) is 7.19. The average molecular weight is 407 g/mol. The van der Waals surface area contributed by atoms with Gasteiger partial charge >= 0.3 is 6.09 Å². The van der Waals surface area contributed by atoms with Crippen LogP contribution in [-0.2, 0) is 9.53 Å². The fourth-order valence-electron chi connectivity index (χ4n) is 4.20. The SMILES string of the molecule is CCOC(=O)N1CC[NH+](CC(=O)N2CCC[C@H]2c2cc(OC)ccc2OC)CC1. The highest BCUT2D eigenvalue weighted by molar-refractivity contribution is 5.78. The first-order valence-electron chi connectivity index (χ1n) is 10.3. The predicted octanol–water partition coefficient (Wildman–Crippen LogP) is 0.724. The zero-order chi connectivity index (χ0) is 20.8. The minimum absolute atomic E-state index is 0.00720. The molecule has 0 aliphatic carbocycles. The van der Waals surface area contributed by atoms with Crippen molar-refractivity contribution in [2.75, 3.05) is 60.1 Å². The quantitative estimate of drug-likeness (QED) is 0.754. The molecule has 2 aliphatic rings. The molecule has 2 aliphatic heterocycles. The predicted molar refractivity (Wildman–Crippen MR) is 107 cm³/mol. The number of quaternary nitrogens is 1. The van der Waals surface area contributed by atoms with E-state index in [0.29, 0.717) is 26.2 Å². The lowest BCUT2D eigenvalue weighted by Gasteiger charge is -2.33. The van der Waals surface area contributed by atoms with Gasteiger partial charge in [-0.3, -0.25) is 9.69 Å². The molecular weight excluding hydrogens is 374 g/mol. The van der Waals surface area contributed by atoms with E-state index in [9.17, 15) is 9.59 Å².